The molecule has 0 spiro atoms. The minimum Gasteiger partial charge on any atom is -0.383 e. The molecule has 4 heteroatoms. The van der Waals surface area contributed by atoms with Crippen molar-refractivity contribution < 1.29 is 4.74 Å². The Labute approximate surface area is 120 Å². The van der Waals surface area contributed by atoms with Crippen molar-refractivity contribution in [3.05, 3.63) is 35.9 Å². The van der Waals surface area contributed by atoms with Gasteiger partial charge in [0.05, 0.1) is 18.2 Å². The van der Waals surface area contributed by atoms with Crippen molar-refractivity contribution in [3.63, 3.8) is 0 Å². The lowest BCUT2D eigenvalue weighted by atomic mass is 10.1. The molecule has 2 rings (SSSR count). The van der Waals surface area contributed by atoms with E-state index in [0.29, 0.717) is 13.2 Å². The van der Waals surface area contributed by atoms with Crippen LogP contribution >= 0.6 is 0 Å². The van der Waals surface area contributed by atoms with E-state index in [-0.39, 0.29) is 6.04 Å². The van der Waals surface area contributed by atoms with E-state index in [1.807, 2.05) is 18.2 Å². The Morgan fingerprint density at radius 3 is 2.80 bits per heavy atom. The van der Waals surface area contributed by atoms with Gasteiger partial charge in [0.25, 0.3) is 0 Å². The second-order valence-electron chi connectivity index (χ2n) is 5.12. The first-order chi connectivity index (χ1) is 9.67. The van der Waals surface area contributed by atoms with Crippen LogP contribution in [0.25, 0.3) is 10.9 Å². The summed E-state index contributed by atoms with van der Waals surface area (Å²) in [6, 6.07) is 10.6. The highest BCUT2D eigenvalue weighted by Gasteiger charge is 2.15. The van der Waals surface area contributed by atoms with Crippen LogP contribution in [0.15, 0.2) is 30.3 Å². The van der Waals surface area contributed by atoms with Crippen molar-refractivity contribution in [1.82, 2.24) is 4.98 Å². The van der Waals surface area contributed by atoms with Crippen LogP contribution in [0.3, 0.4) is 0 Å². The Morgan fingerprint density at radius 2 is 2.10 bits per heavy atom. The van der Waals surface area contributed by atoms with Crippen LogP contribution in [0.5, 0.6) is 0 Å². The van der Waals surface area contributed by atoms with Crippen LogP contribution in [0.2, 0.25) is 0 Å². The Hall–Kier alpha value is -1.65. The summed E-state index contributed by atoms with van der Waals surface area (Å²) in [6.45, 7) is 3.43. The zero-order chi connectivity index (χ0) is 14.5. The topological polar surface area (TPSA) is 51.4 Å². The third kappa shape index (κ3) is 3.08. The van der Waals surface area contributed by atoms with Gasteiger partial charge in [-0.3, -0.25) is 0 Å². The highest BCUT2D eigenvalue weighted by Crippen LogP contribution is 2.24. The van der Waals surface area contributed by atoms with Gasteiger partial charge in [-0.2, -0.15) is 0 Å². The first kappa shape index (κ1) is 14.8. The van der Waals surface area contributed by atoms with Crippen LogP contribution in [0.4, 0.5) is 5.82 Å². The highest BCUT2D eigenvalue weighted by molar-refractivity contribution is 5.81. The van der Waals surface area contributed by atoms with Crippen molar-refractivity contribution in [2.24, 2.45) is 5.73 Å². The van der Waals surface area contributed by atoms with Gasteiger partial charge in [-0.25, -0.2) is 4.98 Å². The minimum atomic E-state index is 0.269. The molecule has 1 aromatic carbocycles. The van der Waals surface area contributed by atoms with E-state index in [2.05, 4.69) is 31.0 Å². The molecule has 1 unspecified atom stereocenters. The average Bonchev–Trinajstić information content (AvgIpc) is 2.46. The van der Waals surface area contributed by atoms with Crippen LogP contribution in [0, 0.1) is 0 Å². The number of para-hydroxylation sites is 1. The number of fused-ring (bicyclic) bond motifs is 1. The van der Waals surface area contributed by atoms with E-state index >= 15 is 0 Å². The van der Waals surface area contributed by atoms with E-state index in [9.17, 15) is 0 Å². The lowest BCUT2D eigenvalue weighted by Crippen LogP contribution is -2.34. The standard InChI is InChI=1S/C16H23N3O/c1-12(11-20-3)19(2)16-14(8-9-17)10-13-6-4-5-7-15(13)18-16/h4-7,10,12H,8-9,11,17H2,1-3H3. The molecule has 0 radical (unpaired) electrons. The minimum absolute atomic E-state index is 0.269. The number of hydrogen-bond acceptors (Lipinski definition) is 4. The molecule has 2 aromatic rings. The zero-order valence-corrected chi connectivity index (χ0v) is 12.5. The third-order valence-electron chi connectivity index (χ3n) is 3.60. The fraction of sp³-hybridized carbons (Fsp3) is 0.438. The molecule has 1 heterocycles. The molecule has 4 nitrogen and oxygen atoms in total. The number of nitrogens with zero attached hydrogens (tertiary/aromatic N) is 2. The maximum absolute atomic E-state index is 5.74. The molecule has 20 heavy (non-hydrogen) atoms. The van der Waals surface area contributed by atoms with Crippen LogP contribution < -0.4 is 10.6 Å². The fourth-order valence-electron chi connectivity index (χ4n) is 2.36. The lowest BCUT2D eigenvalue weighted by molar-refractivity contribution is 0.183. The summed E-state index contributed by atoms with van der Waals surface area (Å²) in [5.74, 6) is 0.999. The Morgan fingerprint density at radius 1 is 1.35 bits per heavy atom. The van der Waals surface area contributed by atoms with Crippen LogP contribution in [-0.2, 0) is 11.2 Å². The number of anilines is 1. The summed E-state index contributed by atoms with van der Waals surface area (Å²) >= 11 is 0. The largest absolute Gasteiger partial charge is 0.383 e. The van der Waals surface area contributed by atoms with E-state index in [1.165, 1.54) is 5.56 Å². The van der Waals surface area contributed by atoms with Gasteiger partial charge in [0.1, 0.15) is 5.82 Å². The second-order valence-corrected chi connectivity index (χ2v) is 5.12. The SMILES string of the molecule is COCC(C)N(C)c1nc2ccccc2cc1CCN. The van der Waals surface area contributed by atoms with Gasteiger partial charge < -0.3 is 15.4 Å². The predicted molar refractivity (Wildman–Crippen MR) is 84.2 cm³/mol. The van der Waals surface area contributed by atoms with Crippen molar-refractivity contribution in [1.29, 1.82) is 0 Å². The molecule has 0 aliphatic carbocycles. The fourth-order valence-corrected chi connectivity index (χ4v) is 2.36. The van der Waals surface area contributed by atoms with Crippen molar-refractivity contribution in [3.8, 4) is 0 Å². The summed E-state index contributed by atoms with van der Waals surface area (Å²) in [4.78, 5) is 6.98. The van der Waals surface area contributed by atoms with Crippen molar-refractivity contribution in [2.75, 3.05) is 32.2 Å². The molecular weight excluding hydrogens is 250 g/mol. The zero-order valence-electron chi connectivity index (χ0n) is 12.5. The van der Waals surface area contributed by atoms with Crippen molar-refractivity contribution in [2.45, 2.75) is 19.4 Å². The summed E-state index contributed by atoms with van der Waals surface area (Å²) in [5, 5.41) is 1.16. The first-order valence-electron chi connectivity index (χ1n) is 6.98. The van der Waals surface area contributed by atoms with Gasteiger partial charge in [0.2, 0.25) is 0 Å². The summed E-state index contributed by atoms with van der Waals surface area (Å²) in [5.41, 5.74) is 7.94. The monoisotopic (exact) mass is 273 g/mol. The van der Waals surface area contributed by atoms with E-state index in [1.54, 1.807) is 7.11 Å². The smallest absolute Gasteiger partial charge is 0.132 e. The maximum atomic E-state index is 5.74. The molecule has 0 saturated carbocycles. The number of hydrogen-bond donors (Lipinski definition) is 1. The van der Waals surface area contributed by atoms with Crippen molar-refractivity contribution >= 4 is 16.7 Å². The van der Waals surface area contributed by atoms with E-state index < -0.39 is 0 Å². The molecular formula is C16H23N3O. The lowest BCUT2D eigenvalue weighted by Gasteiger charge is -2.27. The molecule has 0 amide bonds. The van der Waals surface area contributed by atoms with Gasteiger partial charge in [0.15, 0.2) is 0 Å². The summed E-state index contributed by atoms with van der Waals surface area (Å²) in [7, 11) is 3.78. The summed E-state index contributed by atoms with van der Waals surface area (Å²) < 4.78 is 5.24. The molecule has 1 atom stereocenters. The number of nitrogens with two attached hydrogens (primary N) is 1. The molecule has 2 N–H and O–H groups in total. The molecule has 0 bridgehead atoms. The predicted octanol–water partition coefficient (Wildman–Crippen LogP) is 2.21. The third-order valence-corrected chi connectivity index (χ3v) is 3.60. The number of likely N-dealkylation sites (N-methyl/N-ethyl adjacent to an activating group) is 1. The van der Waals surface area contributed by atoms with Crippen LogP contribution in [0.1, 0.15) is 12.5 Å². The summed E-state index contributed by atoms with van der Waals surface area (Å²) in [6.07, 6.45) is 0.831. The number of methoxy groups -OCH3 is 1. The Bertz CT molecular complexity index is 571. The second kappa shape index (κ2) is 6.68. The van der Waals surface area contributed by atoms with Gasteiger partial charge in [-0.05, 0) is 37.6 Å². The molecule has 0 fully saturated rings. The molecule has 0 saturated heterocycles. The maximum Gasteiger partial charge on any atom is 0.132 e. The van der Waals surface area contributed by atoms with Gasteiger partial charge in [-0.15, -0.1) is 0 Å². The normalized spacial score (nSPS) is 12.6. The van der Waals surface area contributed by atoms with E-state index in [0.717, 1.165) is 23.1 Å². The molecule has 1 aromatic heterocycles. The van der Waals surface area contributed by atoms with Crippen LogP contribution in [-0.4, -0.2) is 38.3 Å². The number of ether oxygens (including phenoxy) is 1. The Kier molecular flexibility index (Phi) is 4.93. The number of rotatable bonds is 6. The number of aromatic nitrogens is 1. The molecule has 108 valence electrons. The first-order valence-corrected chi connectivity index (χ1v) is 6.98. The average molecular weight is 273 g/mol. The number of pyridine rings is 1. The quantitative estimate of drug-likeness (QED) is 0.876. The highest BCUT2D eigenvalue weighted by atomic mass is 16.5. The molecule has 0 aliphatic rings. The van der Waals surface area contributed by atoms with E-state index in [4.69, 9.17) is 15.5 Å². The number of benzene rings is 1. The van der Waals surface area contributed by atoms with Gasteiger partial charge in [0, 0.05) is 19.5 Å². The Balaban J connectivity index is 2.45. The molecule has 0 aliphatic heterocycles. The van der Waals surface area contributed by atoms with Gasteiger partial charge >= 0.3 is 0 Å². The van der Waals surface area contributed by atoms with Gasteiger partial charge in [-0.1, -0.05) is 18.2 Å².